The van der Waals surface area contributed by atoms with Crippen molar-refractivity contribution in [2.45, 2.75) is 58.9 Å². The zero-order valence-corrected chi connectivity index (χ0v) is 13.6. The molecule has 0 bridgehead atoms. The summed E-state index contributed by atoms with van der Waals surface area (Å²) in [5.41, 5.74) is 2.28. The first kappa shape index (κ1) is 15.9. The summed E-state index contributed by atoms with van der Waals surface area (Å²) in [7, 11) is 0. The van der Waals surface area contributed by atoms with E-state index in [4.69, 9.17) is 0 Å². The summed E-state index contributed by atoms with van der Waals surface area (Å²) in [5, 5.41) is 0. The number of unbranched alkanes of at least 4 members (excludes halogenated alkanes) is 3. The molecule has 0 fully saturated rings. The Morgan fingerprint density at radius 3 is 2.52 bits per heavy atom. The smallest absolute Gasteiger partial charge is 0.227 e. The van der Waals surface area contributed by atoms with Crippen LogP contribution in [0.2, 0.25) is 0 Å². The van der Waals surface area contributed by atoms with Gasteiger partial charge in [0, 0.05) is 25.6 Å². The largest absolute Gasteiger partial charge is 0.366 e. The van der Waals surface area contributed by atoms with Crippen molar-refractivity contribution in [3.8, 4) is 0 Å². The molecule has 3 heteroatoms. The van der Waals surface area contributed by atoms with Crippen LogP contribution in [0.5, 0.6) is 0 Å². The van der Waals surface area contributed by atoms with E-state index >= 15 is 0 Å². The van der Waals surface area contributed by atoms with Gasteiger partial charge < -0.3 is 9.80 Å². The minimum atomic E-state index is 0.279. The second-order valence-corrected chi connectivity index (χ2v) is 5.94. The van der Waals surface area contributed by atoms with Crippen molar-refractivity contribution in [1.82, 2.24) is 0 Å². The number of para-hydroxylation sites is 2. The molecule has 0 saturated carbocycles. The molecule has 3 nitrogen and oxygen atoms in total. The van der Waals surface area contributed by atoms with Crippen LogP contribution in [0.4, 0.5) is 11.4 Å². The minimum absolute atomic E-state index is 0.279. The lowest BCUT2D eigenvalue weighted by atomic mass is 10.1. The maximum atomic E-state index is 12.6. The lowest BCUT2D eigenvalue weighted by Crippen LogP contribution is -2.49. The van der Waals surface area contributed by atoms with Crippen LogP contribution in [0, 0.1) is 0 Å². The van der Waals surface area contributed by atoms with Crippen molar-refractivity contribution in [1.29, 1.82) is 0 Å². The van der Waals surface area contributed by atoms with E-state index in [1.807, 2.05) is 11.0 Å². The highest BCUT2D eigenvalue weighted by atomic mass is 16.2. The Kier molecular flexibility index (Phi) is 5.66. The molecular formula is C18H28N2O. The van der Waals surface area contributed by atoms with E-state index < -0.39 is 0 Å². The average molecular weight is 288 g/mol. The summed E-state index contributed by atoms with van der Waals surface area (Å²) in [6.07, 6.45) is 5.28. The average Bonchev–Trinajstić information content (AvgIpc) is 2.50. The van der Waals surface area contributed by atoms with E-state index in [0.29, 0.717) is 12.5 Å². The summed E-state index contributed by atoms with van der Waals surface area (Å²) < 4.78 is 0. The quantitative estimate of drug-likeness (QED) is 0.732. The van der Waals surface area contributed by atoms with E-state index in [9.17, 15) is 4.79 Å². The standard InChI is InChI=1S/C18H28N2O/c1-4-6-7-8-13-18(21)20-14-15(3)19(5-2)16-11-9-10-12-17(16)20/h9-12,15H,4-8,13-14H2,1-3H3. The van der Waals surface area contributed by atoms with Gasteiger partial charge in [-0.25, -0.2) is 0 Å². The Morgan fingerprint density at radius 2 is 1.86 bits per heavy atom. The molecule has 0 aromatic heterocycles. The molecular weight excluding hydrogens is 260 g/mol. The van der Waals surface area contributed by atoms with Crippen LogP contribution in [-0.4, -0.2) is 25.0 Å². The number of carbonyl (C=O) groups is 1. The zero-order chi connectivity index (χ0) is 15.2. The van der Waals surface area contributed by atoms with Gasteiger partial charge in [-0.1, -0.05) is 38.3 Å². The first-order chi connectivity index (χ1) is 10.2. The monoisotopic (exact) mass is 288 g/mol. The fourth-order valence-electron chi connectivity index (χ4n) is 3.19. The van der Waals surface area contributed by atoms with Crippen molar-refractivity contribution < 1.29 is 4.79 Å². The summed E-state index contributed by atoms with van der Waals surface area (Å²) in [6, 6.07) is 8.67. The number of nitrogens with zero attached hydrogens (tertiary/aromatic N) is 2. The first-order valence-electron chi connectivity index (χ1n) is 8.35. The molecule has 2 rings (SSSR count). The Morgan fingerprint density at radius 1 is 1.14 bits per heavy atom. The molecule has 0 spiro atoms. The van der Waals surface area contributed by atoms with E-state index in [-0.39, 0.29) is 5.91 Å². The molecule has 1 amide bonds. The third kappa shape index (κ3) is 3.58. The summed E-state index contributed by atoms with van der Waals surface area (Å²) in [4.78, 5) is 17.0. The Balaban J connectivity index is 2.11. The molecule has 0 N–H and O–H groups in total. The number of benzene rings is 1. The predicted molar refractivity (Wildman–Crippen MR) is 90.0 cm³/mol. The predicted octanol–water partition coefficient (Wildman–Crippen LogP) is 4.22. The second-order valence-electron chi connectivity index (χ2n) is 5.94. The highest BCUT2D eigenvalue weighted by molar-refractivity contribution is 5.98. The van der Waals surface area contributed by atoms with Crippen LogP contribution in [-0.2, 0) is 4.79 Å². The molecule has 116 valence electrons. The van der Waals surface area contributed by atoms with Crippen molar-refractivity contribution in [2.75, 3.05) is 22.9 Å². The fourth-order valence-corrected chi connectivity index (χ4v) is 3.19. The van der Waals surface area contributed by atoms with Crippen LogP contribution in [0.3, 0.4) is 0 Å². The maximum Gasteiger partial charge on any atom is 0.227 e. The lowest BCUT2D eigenvalue weighted by molar-refractivity contribution is -0.118. The van der Waals surface area contributed by atoms with Crippen LogP contribution >= 0.6 is 0 Å². The molecule has 0 saturated heterocycles. The van der Waals surface area contributed by atoms with Crippen molar-refractivity contribution >= 4 is 17.3 Å². The van der Waals surface area contributed by atoms with Gasteiger partial charge in [0.1, 0.15) is 0 Å². The first-order valence-corrected chi connectivity index (χ1v) is 8.35. The normalized spacial score (nSPS) is 17.8. The molecule has 1 heterocycles. The molecule has 1 aliphatic heterocycles. The van der Waals surface area contributed by atoms with E-state index in [0.717, 1.165) is 31.6 Å². The van der Waals surface area contributed by atoms with Crippen LogP contribution in [0.1, 0.15) is 52.9 Å². The number of likely N-dealkylation sites (N-methyl/N-ethyl adjacent to an activating group) is 1. The summed E-state index contributed by atoms with van der Waals surface area (Å²) in [5.74, 6) is 0.279. The van der Waals surface area contributed by atoms with Crippen molar-refractivity contribution in [3.05, 3.63) is 24.3 Å². The van der Waals surface area contributed by atoms with Crippen LogP contribution < -0.4 is 9.80 Å². The molecule has 21 heavy (non-hydrogen) atoms. The van der Waals surface area contributed by atoms with Gasteiger partial charge >= 0.3 is 0 Å². The topological polar surface area (TPSA) is 23.6 Å². The number of rotatable bonds is 6. The van der Waals surface area contributed by atoms with Gasteiger partial charge in [0.25, 0.3) is 0 Å². The van der Waals surface area contributed by atoms with Gasteiger partial charge in [0.05, 0.1) is 11.4 Å². The van der Waals surface area contributed by atoms with Gasteiger partial charge in [0.15, 0.2) is 0 Å². The third-order valence-electron chi connectivity index (χ3n) is 4.35. The van der Waals surface area contributed by atoms with Gasteiger partial charge in [-0.2, -0.15) is 0 Å². The lowest BCUT2D eigenvalue weighted by Gasteiger charge is -2.42. The molecule has 1 aromatic carbocycles. The summed E-state index contributed by atoms with van der Waals surface area (Å²) in [6.45, 7) is 8.37. The molecule has 0 radical (unpaired) electrons. The maximum absolute atomic E-state index is 12.6. The van der Waals surface area contributed by atoms with Gasteiger partial charge in [-0.05, 0) is 32.4 Å². The number of amides is 1. The Labute approximate surface area is 128 Å². The third-order valence-corrected chi connectivity index (χ3v) is 4.35. The zero-order valence-electron chi connectivity index (χ0n) is 13.6. The Bertz CT molecular complexity index is 472. The van der Waals surface area contributed by atoms with Gasteiger partial charge in [0.2, 0.25) is 5.91 Å². The van der Waals surface area contributed by atoms with Crippen molar-refractivity contribution in [2.24, 2.45) is 0 Å². The molecule has 1 unspecified atom stereocenters. The number of fused-ring (bicyclic) bond motifs is 1. The second kappa shape index (κ2) is 7.48. The fraction of sp³-hybridized carbons (Fsp3) is 0.611. The molecule has 1 atom stereocenters. The SMILES string of the molecule is CCCCCCC(=O)N1CC(C)N(CC)c2ccccc21. The van der Waals surface area contributed by atoms with E-state index in [1.54, 1.807) is 0 Å². The number of carbonyl (C=O) groups excluding carboxylic acids is 1. The van der Waals surface area contributed by atoms with Gasteiger partial charge in [-0.15, -0.1) is 0 Å². The highest BCUT2D eigenvalue weighted by Gasteiger charge is 2.29. The van der Waals surface area contributed by atoms with E-state index in [1.165, 1.54) is 18.5 Å². The number of anilines is 2. The Hall–Kier alpha value is -1.51. The molecule has 1 aromatic rings. The number of hydrogen-bond donors (Lipinski definition) is 0. The van der Waals surface area contributed by atoms with Gasteiger partial charge in [-0.3, -0.25) is 4.79 Å². The summed E-state index contributed by atoms with van der Waals surface area (Å²) >= 11 is 0. The minimum Gasteiger partial charge on any atom is -0.366 e. The van der Waals surface area contributed by atoms with Crippen LogP contribution in [0.15, 0.2) is 24.3 Å². The highest BCUT2D eigenvalue weighted by Crippen LogP contribution is 2.35. The van der Waals surface area contributed by atoms with Crippen LogP contribution in [0.25, 0.3) is 0 Å². The molecule has 1 aliphatic rings. The van der Waals surface area contributed by atoms with E-state index in [2.05, 4.69) is 43.9 Å². The number of hydrogen-bond acceptors (Lipinski definition) is 2. The molecule has 0 aliphatic carbocycles. The van der Waals surface area contributed by atoms with Crippen molar-refractivity contribution in [3.63, 3.8) is 0 Å².